The van der Waals surface area contributed by atoms with Crippen molar-refractivity contribution in [2.24, 2.45) is 0 Å². The van der Waals surface area contributed by atoms with E-state index >= 15 is 0 Å². The topological polar surface area (TPSA) is 68.8 Å². The van der Waals surface area contributed by atoms with Crippen molar-refractivity contribution in [3.8, 4) is 17.2 Å². The molecule has 0 unspecified atom stereocenters. The first-order valence-electron chi connectivity index (χ1n) is 8.73. The molecule has 0 atom stereocenters. The Morgan fingerprint density at radius 2 is 1.96 bits per heavy atom. The van der Waals surface area contributed by atoms with Crippen LogP contribution in [-0.4, -0.2) is 32.9 Å². The van der Waals surface area contributed by atoms with Crippen molar-refractivity contribution in [1.82, 2.24) is 10.6 Å². The fourth-order valence-electron chi connectivity index (χ4n) is 2.75. The Morgan fingerprint density at radius 1 is 1.08 bits per heavy atom. The van der Waals surface area contributed by atoms with Gasteiger partial charge in [0.05, 0.1) is 7.11 Å². The monoisotopic (exact) mass is 356 g/mol. The van der Waals surface area contributed by atoms with Crippen LogP contribution >= 0.6 is 0 Å². The minimum Gasteiger partial charge on any atom is -0.497 e. The van der Waals surface area contributed by atoms with Crippen LogP contribution in [0.2, 0.25) is 0 Å². The van der Waals surface area contributed by atoms with Crippen molar-refractivity contribution in [1.29, 1.82) is 0 Å². The van der Waals surface area contributed by atoms with Crippen molar-refractivity contribution < 1.29 is 19.0 Å². The molecule has 0 aromatic heterocycles. The summed E-state index contributed by atoms with van der Waals surface area (Å²) in [7, 11) is 1.65. The third-order valence-corrected chi connectivity index (χ3v) is 4.16. The Labute approximate surface area is 153 Å². The molecular weight excluding hydrogens is 332 g/mol. The molecule has 3 rings (SSSR count). The number of fused-ring (bicyclic) bond motifs is 1. The maximum absolute atomic E-state index is 11.9. The SMILES string of the molecule is COc1cccc(CCNC(=O)CCNCc2ccc3c(c2)OCO3)c1. The van der Waals surface area contributed by atoms with E-state index in [1.54, 1.807) is 7.11 Å². The molecule has 1 amide bonds. The van der Waals surface area contributed by atoms with Crippen molar-refractivity contribution in [2.75, 3.05) is 27.0 Å². The number of nitrogens with one attached hydrogen (secondary N) is 2. The van der Waals surface area contributed by atoms with Crippen LogP contribution in [0.5, 0.6) is 17.2 Å². The highest BCUT2D eigenvalue weighted by atomic mass is 16.7. The van der Waals surface area contributed by atoms with Crippen molar-refractivity contribution in [3.05, 3.63) is 53.6 Å². The lowest BCUT2D eigenvalue weighted by atomic mass is 10.1. The van der Waals surface area contributed by atoms with Gasteiger partial charge in [-0.2, -0.15) is 0 Å². The van der Waals surface area contributed by atoms with E-state index in [1.165, 1.54) is 0 Å². The Bertz CT molecular complexity index is 748. The number of amides is 1. The number of hydrogen-bond donors (Lipinski definition) is 2. The molecule has 1 aliphatic rings. The molecule has 2 aromatic rings. The standard InChI is InChI=1S/C20H24N2O4/c1-24-17-4-2-3-15(11-17)7-10-22-20(23)8-9-21-13-16-5-6-18-19(12-16)26-14-25-18/h2-6,11-12,21H,7-10,13-14H2,1H3,(H,22,23). The molecule has 0 spiro atoms. The van der Waals surface area contributed by atoms with Gasteiger partial charge >= 0.3 is 0 Å². The van der Waals surface area contributed by atoms with Gasteiger partial charge in [-0.15, -0.1) is 0 Å². The molecule has 0 saturated heterocycles. The van der Waals surface area contributed by atoms with Crippen LogP contribution in [0.1, 0.15) is 17.5 Å². The maximum Gasteiger partial charge on any atom is 0.231 e. The van der Waals surface area contributed by atoms with E-state index in [0.29, 0.717) is 26.1 Å². The Hall–Kier alpha value is -2.73. The van der Waals surface area contributed by atoms with Gasteiger partial charge in [-0.05, 0) is 41.8 Å². The third-order valence-electron chi connectivity index (χ3n) is 4.16. The van der Waals surface area contributed by atoms with Crippen LogP contribution in [0, 0.1) is 0 Å². The van der Waals surface area contributed by atoms with Crippen LogP contribution < -0.4 is 24.8 Å². The number of carbonyl (C=O) groups is 1. The predicted molar refractivity (Wildman–Crippen MR) is 98.6 cm³/mol. The van der Waals surface area contributed by atoms with Gasteiger partial charge < -0.3 is 24.8 Å². The summed E-state index contributed by atoms with van der Waals surface area (Å²) in [6, 6.07) is 13.7. The molecule has 0 fully saturated rings. The Balaban J connectivity index is 1.30. The molecule has 2 N–H and O–H groups in total. The summed E-state index contributed by atoms with van der Waals surface area (Å²) in [6.45, 7) is 2.21. The minimum atomic E-state index is 0.0473. The number of benzene rings is 2. The number of rotatable bonds is 9. The average molecular weight is 356 g/mol. The number of carbonyl (C=O) groups excluding carboxylic acids is 1. The lowest BCUT2D eigenvalue weighted by Crippen LogP contribution is -2.29. The highest BCUT2D eigenvalue weighted by molar-refractivity contribution is 5.76. The molecule has 0 aliphatic carbocycles. The molecule has 0 saturated carbocycles. The molecule has 1 aliphatic heterocycles. The average Bonchev–Trinajstić information content (AvgIpc) is 3.13. The van der Waals surface area contributed by atoms with Gasteiger partial charge in [-0.3, -0.25) is 4.79 Å². The van der Waals surface area contributed by atoms with Crippen LogP contribution in [0.4, 0.5) is 0 Å². The first kappa shape index (κ1) is 18.1. The number of ether oxygens (including phenoxy) is 3. The van der Waals surface area contributed by atoms with Gasteiger partial charge in [-0.1, -0.05) is 18.2 Å². The van der Waals surface area contributed by atoms with Crippen LogP contribution in [0.15, 0.2) is 42.5 Å². The minimum absolute atomic E-state index is 0.0473. The smallest absolute Gasteiger partial charge is 0.231 e. The molecule has 6 heteroatoms. The quantitative estimate of drug-likeness (QED) is 0.675. The molecule has 26 heavy (non-hydrogen) atoms. The highest BCUT2D eigenvalue weighted by Crippen LogP contribution is 2.32. The van der Waals surface area contributed by atoms with E-state index < -0.39 is 0 Å². The molecule has 1 heterocycles. The molecular formula is C20H24N2O4. The Kier molecular flexibility index (Phi) is 6.33. The van der Waals surface area contributed by atoms with Gasteiger partial charge in [0.2, 0.25) is 12.7 Å². The summed E-state index contributed by atoms with van der Waals surface area (Å²) in [5.74, 6) is 2.44. The summed E-state index contributed by atoms with van der Waals surface area (Å²) in [6.07, 6.45) is 1.23. The lowest BCUT2D eigenvalue weighted by molar-refractivity contribution is -0.120. The summed E-state index contributed by atoms with van der Waals surface area (Å²) in [5.41, 5.74) is 2.25. The number of hydrogen-bond acceptors (Lipinski definition) is 5. The van der Waals surface area contributed by atoms with E-state index in [2.05, 4.69) is 10.6 Å². The van der Waals surface area contributed by atoms with Gasteiger partial charge in [0, 0.05) is 26.1 Å². The second kappa shape index (κ2) is 9.10. The van der Waals surface area contributed by atoms with E-state index in [1.807, 2.05) is 42.5 Å². The van der Waals surface area contributed by atoms with Gasteiger partial charge in [0.1, 0.15) is 5.75 Å². The van der Waals surface area contributed by atoms with Crippen molar-refractivity contribution >= 4 is 5.91 Å². The van der Waals surface area contributed by atoms with Gasteiger partial charge in [0.15, 0.2) is 11.5 Å². The largest absolute Gasteiger partial charge is 0.497 e. The lowest BCUT2D eigenvalue weighted by Gasteiger charge is -2.08. The predicted octanol–water partition coefficient (Wildman–Crippen LogP) is 2.26. The zero-order valence-electron chi connectivity index (χ0n) is 14.9. The second-order valence-electron chi connectivity index (χ2n) is 6.07. The molecule has 2 aromatic carbocycles. The van der Waals surface area contributed by atoms with Crippen LogP contribution in [0.3, 0.4) is 0 Å². The summed E-state index contributed by atoms with van der Waals surface area (Å²) in [4.78, 5) is 11.9. The highest BCUT2D eigenvalue weighted by Gasteiger charge is 2.12. The summed E-state index contributed by atoms with van der Waals surface area (Å²) < 4.78 is 15.8. The van der Waals surface area contributed by atoms with Gasteiger partial charge in [-0.25, -0.2) is 0 Å². The first-order valence-corrected chi connectivity index (χ1v) is 8.73. The zero-order valence-corrected chi connectivity index (χ0v) is 14.9. The first-order chi connectivity index (χ1) is 12.7. The Morgan fingerprint density at radius 3 is 2.85 bits per heavy atom. The van der Waals surface area contributed by atoms with E-state index in [9.17, 15) is 4.79 Å². The van der Waals surface area contributed by atoms with Crippen molar-refractivity contribution in [3.63, 3.8) is 0 Å². The van der Waals surface area contributed by atoms with Crippen molar-refractivity contribution in [2.45, 2.75) is 19.4 Å². The molecule has 138 valence electrons. The molecule has 0 radical (unpaired) electrons. The summed E-state index contributed by atoms with van der Waals surface area (Å²) >= 11 is 0. The molecule has 0 bridgehead atoms. The fraction of sp³-hybridized carbons (Fsp3) is 0.350. The summed E-state index contributed by atoms with van der Waals surface area (Å²) in [5, 5.41) is 6.22. The second-order valence-corrected chi connectivity index (χ2v) is 6.07. The maximum atomic E-state index is 11.9. The molecule has 6 nitrogen and oxygen atoms in total. The fourth-order valence-corrected chi connectivity index (χ4v) is 2.75. The zero-order chi connectivity index (χ0) is 18.2. The van der Waals surface area contributed by atoms with E-state index in [-0.39, 0.29) is 12.7 Å². The number of methoxy groups -OCH3 is 1. The third kappa shape index (κ3) is 5.13. The van der Waals surface area contributed by atoms with Crippen LogP contribution in [-0.2, 0) is 17.8 Å². The van der Waals surface area contributed by atoms with E-state index in [0.717, 1.165) is 34.8 Å². The van der Waals surface area contributed by atoms with E-state index in [4.69, 9.17) is 14.2 Å². The van der Waals surface area contributed by atoms with Crippen LogP contribution in [0.25, 0.3) is 0 Å². The normalized spacial score (nSPS) is 12.0. The van der Waals surface area contributed by atoms with Gasteiger partial charge in [0.25, 0.3) is 0 Å².